The monoisotopic (exact) mass is 475 g/mol. The Kier molecular flexibility index (Phi) is 8.07. The summed E-state index contributed by atoms with van der Waals surface area (Å²) in [6.07, 6.45) is 4.71. The van der Waals surface area contributed by atoms with Gasteiger partial charge in [0.25, 0.3) is 0 Å². The molecule has 1 aliphatic heterocycles. The van der Waals surface area contributed by atoms with Crippen molar-refractivity contribution in [3.8, 4) is 0 Å². The molecule has 1 fully saturated rings. The number of aryl methyl sites for hydroxylation is 1. The van der Waals surface area contributed by atoms with Gasteiger partial charge in [-0.3, -0.25) is 5.10 Å². The van der Waals surface area contributed by atoms with E-state index in [0.29, 0.717) is 12.5 Å². The summed E-state index contributed by atoms with van der Waals surface area (Å²) < 4.78 is 0. The Morgan fingerprint density at radius 3 is 2.80 bits per heavy atom. The van der Waals surface area contributed by atoms with Crippen LogP contribution in [0.2, 0.25) is 0 Å². The van der Waals surface area contributed by atoms with E-state index in [1.54, 1.807) is 17.7 Å². The molecule has 138 valence electrons. The quantitative estimate of drug-likeness (QED) is 0.395. The summed E-state index contributed by atoms with van der Waals surface area (Å²) in [4.78, 5) is 16.0. The summed E-state index contributed by atoms with van der Waals surface area (Å²) in [6.45, 7) is 7.71. The van der Waals surface area contributed by atoms with Gasteiger partial charge in [0, 0.05) is 30.9 Å². The minimum absolute atomic E-state index is 0. The molecule has 7 nitrogen and oxygen atoms in total. The van der Waals surface area contributed by atoms with Crippen LogP contribution in [0.3, 0.4) is 0 Å². The van der Waals surface area contributed by atoms with Crippen LogP contribution < -0.4 is 5.32 Å². The Balaban J connectivity index is 0.00000225. The number of guanidine groups is 1. The van der Waals surface area contributed by atoms with E-state index in [1.807, 2.05) is 0 Å². The molecule has 0 atom stereocenters. The number of nitrogens with one attached hydrogen (secondary N) is 2. The number of aromatic amines is 1. The lowest BCUT2D eigenvalue weighted by atomic mass is 9.96. The van der Waals surface area contributed by atoms with Gasteiger partial charge in [-0.25, -0.2) is 15.0 Å². The number of hydrogen-bond acceptors (Lipinski definition) is 5. The molecule has 0 unspecified atom stereocenters. The molecule has 9 heteroatoms. The van der Waals surface area contributed by atoms with Crippen molar-refractivity contribution in [2.24, 2.45) is 4.99 Å². The van der Waals surface area contributed by atoms with Crippen molar-refractivity contribution in [3.05, 3.63) is 28.2 Å². The van der Waals surface area contributed by atoms with Crippen molar-refractivity contribution in [1.29, 1.82) is 0 Å². The van der Waals surface area contributed by atoms with Gasteiger partial charge in [-0.2, -0.15) is 5.10 Å². The van der Waals surface area contributed by atoms with E-state index >= 15 is 0 Å². The molecule has 3 rings (SSSR count). The standard InChI is InChI=1S/C16H25N7S.HI/c1-3-14-21-13(10-24-14)9-18-16(17-4-2)23-7-5-12(6-8-23)15-19-11-20-22-15;/h10-12H,3-9H2,1-2H3,(H,17,18)(H,19,20,22);1H. The molecule has 2 N–H and O–H groups in total. The number of H-pyrrole nitrogens is 1. The van der Waals surface area contributed by atoms with Gasteiger partial charge >= 0.3 is 0 Å². The van der Waals surface area contributed by atoms with Crippen LogP contribution in [0.25, 0.3) is 0 Å². The lowest BCUT2D eigenvalue weighted by molar-refractivity contribution is 0.299. The van der Waals surface area contributed by atoms with Crippen LogP contribution in [0.5, 0.6) is 0 Å². The van der Waals surface area contributed by atoms with Gasteiger partial charge in [0.05, 0.1) is 17.2 Å². The third-order valence-corrected chi connectivity index (χ3v) is 5.28. The molecule has 0 saturated carbocycles. The summed E-state index contributed by atoms with van der Waals surface area (Å²) in [7, 11) is 0. The highest BCUT2D eigenvalue weighted by Crippen LogP contribution is 2.25. The number of thiazole rings is 1. The summed E-state index contributed by atoms with van der Waals surface area (Å²) in [6, 6.07) is 0. The van der Waals surface area contributed by atoms with Crippen molar-refractivity contribution in [3.63, 3.8) is 0 Å². The maximum Gasteiger partial charge on any atom is 0.194 e. The normalized spacial score (nSPS) is 15.9. The Labute approximate surface area is 169 Å². The van der Waals surface area contributed by atoms with Crippen molar-refractivity contribution in [2.75, 3.05) is 19.6 Å². The second-order valence-electron chi connectivity index (χ2n) is 5.89. The van der Waals surface area contributed by atoms with Gasteiger partial charge in [0.15, 0.2) is 5.96 Å². The fourth-order valence-corrected chi connectivity index (χ4v) is 3.68. The van der Waals surface area contributed by atoms with E-state index in [2.05, 4.69) is 49.6 Å². The largest absolute Gasteiger partial charge is 0.357 e. The first-order chi connectivity index (χ1) is 11.8. The van der Waals surface area contributed by atoms with E-state index in [0.717, 1.165) is 56.4 Å². The van der Waals surface area contributed by atoms with E-state index in [4.69, 9.17) is 4.99 Å². The fourth-order valence-electron chi connectivity index (χ4n) is 2.94. The SMILES string of the molecule is CCNC(=NCc1csc(CC)n1)N1CCC(c2ncn[nH]2)CC1.I. The lowest BCUT2D eigenvalue weighted by Gasteiger charge is -2.33. The molecular formula is C16H26IN7S. The van der Waals surface area contributed by atoms with Gasteiger partial charge in [0.1, 0.15) is 12.2 Å². The van der Waals surface area contributed by atoms with Gasteiger partial charge in [-0.1, -0.05) is 6.92 Å². The topological polar surface area (TPSA) is 82.1 Å². The highest BCUT2D eigenvalue weighted by molar-refractivity contribution is 14.0. The Bertz CT molecular complexity index is 647. The minimum Gasteiger partial charge on any atom is -0.357 e. The van der Waals surface area contributed by atoms with Gasteiger partial charge in [-0.05, 0) is 26.2 Å². The molecule has 25 heavy (non-hydrogen) atoms. The number of rotatable bonds is 5. The molecule has 0 radical (unpaired) electrons. The Morgan fingerprint density at radius 1 is 1.40 bits per heavy atom. The van der Waals surface area contributed by atoms with Crippen LogP contribution in [0.1, 0.15) is 49.1 Å². The number of piperidine rings is 1. The van der Waals surface area contributed by atoms with Crippen molar-refractivity contribution < 1.29 is 0 Å². The number of aromatic nitrogens is 4. The maximum absolute atomic E-state index is 4.78. The highest BCUT2D eigenvalue weighted by atomic mass is 127. The second kappa shape index (κ2) is 10.0. The summed E-state index contributed by atoms with van der Waals surface area (Å²) in [5.41, 5.74) is 1.06. The van der Waals surface area contributed by atoms with Crippen LogP contribution in [0.4, 0.5) is 0 Å². The van der Waals surface area contributed by atoms with E-state index < -0.39 is 0 Å². The van der Waals surface area contributed by atoms with Crippen LogP contribution >= 0.6 is 35.3 Å². The van der Waals surface area contributed by atoms with Gasteiger partial charge in [-0.15, -0.1) is 35.3 Å². The first-order valence-electron chi connectivity index (χ1n) is 8.62. The number of halogens is 1. The number of likely N-dealkylation sites (tertiary alicyclic amines) is 1. The molecule has 1 aliphatic rings. The predicted octanol–water partition coefficient (Wildman–Crippen LogP) is 2.79. The second-order valence-corrected chi connectivity index (χ2v) is 6.83. The average Bonchev–Trinajstić information content (AvgIpc) is 3.30. The molecule has 1 saturated heterocycles. The summed E-state index contributed by atoms with van der Waals surface area (Å²) in [5.74, 6) is 2.46. The molecule has 2 aromatic rings. The number of aliphatic imine (C=N–C) groups is 1. The number of hydrogen-bond donors (Lipinski definition) is 2. The molecule has 0 aliphatic carbocycles. The van der Waals surface area contributed by atoms with E-state index in [-0.39, 0.29) is 24.0 Å². The van der Waals surface area contributed by atoms with Crippen LogP contribution in [-0.2, 0) is 13.0 Å². The molecule has 0 aromatic carbocycles. The summed E-state index contributed by atoms with van der Waals surface area (Å²) in [5, 5.41) is 13.7. The molecule has 0 amide bonds. The van der Waals surface area contributed by atoms with Crippen LogP contribution in [0.15, 0.2) is 16.7 Å². The van der Waals surface area contributed by atoms with Crippen LogP contribution in [0, 0.1) is 0 Å². The zero-order chi connectivity index (χ0) is 16.8. The average molecular weight is 475 g/mol. The third kappa shape index (κ3) is 5.37. The Morgan fingerprint density at radius 2 is 2.20 bits per heavy atom. The fraction of sp³-hybridized carbons (Fsp3) is 0.625. The first kappa shape index (κ1) is 20.1. The maximum atomic E-state index is 4.78. The van der Waals surface area contributed by atoms with Crippen LogP contribution in [-0.4, -0.2) is 50.7 Å². The molecule has 3 heterocycles. The van der Waals surface area contributed by atoms with E-state index in [1.165, 1.54) is 5.01 Å². The molecule has 0 bridgehead atoms. The highest BCUT2D eigenvalue weighted by Gasteiger charge is 2.24. The number of nitrogens with zero attached hydrogens (tertiary/aromatic N) is 5. The van der Waals surface area contributed by atoms with Crippen molar-refractivity contribution in [1.82, 2.24) is 30.4 Å². The van der Waals surface area contributed by atoms with Gasteiger partial charge < -0.3 is 10.2 Å². The summed E-state index contributed by atoms with van der Waals surface area (Å²) >= 11 is 1.72. The molecular weight excluding hydrogens is 449 g/mol. The first-order valence-corrected chi connectivity index (χ1v) is 9.49. The zero-order valence-electron chi connectivity index (χ0n) is 14.7. The Hall–Kier alpha value is -1.23. The predicted molar refractivity (Wildman–Crippen MR) is 112 cm³/mol. The smallest absolute Gasteiger partial charge is 0.194 e. The minimum atomic E-state index is 0. The zero-order valence-corrected chi connectivity index (χ0v) is 17.9. The lowest BCUT2D eigenvalue weighted by Crippen LogP contribution is -2.45. The van der Waals surface area contributed by atoms with Crippen molar-refractivity contribution >= 4 is 41.3 Å². The van der Waals surface area contributed by atoms with E-state index in [9.17, 15) is 0 Å². The molecule has 2 aromatic heterocycles. The molecule has 0 spiro atoms. The van der Waals surface area contributed by atoms with Crippen molar-refractivity contribution in [2.45, 2.75) is 45.6 Å². The van der Waals surface area contributed by atoms with Gasteiger partial charge in [0.2, 0.25) is 0 Å². The third-order valence-electron chi connectivity index (χ3n) is 4.24.